The Morgan fingerprint density at radius 2 is 1.83 bits per heavy atom. The first-order valence-electron chi connectivity index (χ1n) is 7.84. The lowest BCUT2D eigenvalue weighted by Crippen LogP contribution is -2.10. The molecule has 0 bridgehead atoms. The Labute approximate surface area is 146 Å². The fourth-order valence-electron chi connectivity index (χ4n) is 2.58. The highest BCUT2D eigenvalue weighted by atomic mass is 32.1. The van der Waals surface area contributed by atoms with Crippen molar-refractivity contribution < 1.29 is 0 Å². The van der Waals surface area contributed by atoms with Crippen molar-refractivity contribution in [3.8, 4) is 0 Å². The summed E-state index contributed by atoms with van der Waals surface area (Å²) in [6.07, 6.45) is 2.47. The molecule has 5 nitrogen and oxygen atoms in total. The normalized spacial score (nSPS) is 10.6. The van der Waals surface area contributed by atoms with Crippen molar-refractivity contribution in [2.45, 2.75) is 20.3 Å². The predicted octanol–water partition coefficient (Wildman–Crippen LogP) is 4.14. The second-order valence-corrected chi connectivity index (χ2v) is 6.77. The van der Waals surface area contributed by atoms with Crippen molar-refractivity contribution in [3.63, 3.8) is 0 Å². The highest BCUT2D eigenvalue weighted by Gasteiger charge is 2.08. The number of aryl methyl sites for hydroxylation is 2. The Kier molecular flexibility index (Phi) is 4.96. The van der Waals surface area contributed by atoms with Gasteiger partial charge in [-0.3, -0.25) is 0 Å². The quantitative estimate of drug-likeness (QED) is 0.629. The lowest BCUT2D eigenvalue weighted by Gasteiger charge is -2.13. The third-order valence-corrected chi connectivity index (χ3v) is 4.55. The van der Waals surface area contributed by atoms with Gasteiger partial charge in [-0.1, -0.05) is 12.1 Å². The smallest absolute Gasteiger partial charge is 0.159 e. The molecule has 0 aliphatic heterocycles. The molecule has 0 amide bonds. The van der Waals surface area contributed by atoms with E-state index in [-0.39, 0.29) is 0 Å². The van der Waals surface area contributed by atoms with Crippen molar-refractivity contribution >= 4 is 34.3 Å². The van der Waals surface area contributed by atoms with Gasteiger partial charge in [0.15, 0.2) is 11.6 Å². The number of nitrogens with zero attached hydrogens (tertiary/aromatic N) is 2. The van der Waals surface area contributed by atoms with Crippen LogP contribution in [0.1, 0.15) is 16.0 Å². The molecule has 0 aliphatic rings. The van der Waals surface area contributed by atoms with E-state index in [2.05, 4.69) is 70.2 Å². The van der Waals surface area contributed by atoms with E-state index in [1.807, 2.05) is 0 Å². The van der Waals surface area contributed by atoms with Gasteiger partial charge in [0, 0.05) is 17.1 Å². The molecule has 2 heterocycles. The van der Waals surface area contributed by atoms with Crippen LogP contribution in [0.15, 0.2) is 42.0 Å². The van der Waals surface area contributed by atoms with Crippen LogP contribution in [0.25, 0.3) is 0 Å². The molecular formula is C18H21N5S. The van der Waals surface area contributed by atoms with Crippen LogP contribution in [0, 0.1) is 13.8 Å². The molecule has 0 aliphatic carbocycles. The molecule has 6 heteroatoms. The van der Waals surface area contributed by atoms with Gasteiger partial charge in [0.05, 0.1) is 0 Å². The van der Waals surface area contributed by atoms with Crippen LogP contribution in [-0.4, -0.2) is 16.5 Å². The minimum Gasteiger partial charge on any atom is -0.393 e. The molecule has 2 aromatic heterocycles. The summed E-state index contributed by atoms with van der Waals surface area (Å²) in [7, 11) is 0. The first-order valence-corrected chi connectivity index (χ1v) is 8.72. The van der Waals surface area contributed by atoms with Crippen LogP contribution >= 0.6 is 11.3 Å². The number of benzene rings is 1. The Morgan fingerprint density at radius 3 is 2.54 bits per heavy atom. The molecule has 0 saturated heterocycles. The van der Waals surface area contributed by atoms with Crippen LogP contribution in [0.5, 0.6) is 0 Å². The zero-order valence-corrected chi connectivity index (χ0v) is 14.7. The Balaban J connectivity index is 1.70. The van der Waals surface area contributed by atoms with Crippen LogP contribution in [0.3, 0.4) is 0 Å². The van der Waals surface area contributed by atoms with Gasteiger partial charge >= 0.3 is 0 Å². The maximum Gasteiger partial charge on any atom is 0.159 e. The molecule has 0 saturated carbocycles. The molecule has 0 atom stereocenters. The highest BCUT2D eigenvalue weighted by Crippen LogP contribution is 2.26. The summed E-state index contributed by atoms with van der Waals surface area (Å²) in [5, 5.41) is 8.66. The van der Waals surface area contributed by atoms with Crippen LogP contribution in [-0.2, 0) is 6.42 Å². The molecule has 0 fully saturated rings. The van der Waals surface area contributed by atoms with Gasteiger partial charge in [-0.05, 0) is 55.0 Å². The van der Waals surface area contributed by atoms with Gasteiger partial charge in [-0.25, -0.2) is 9.97 Å². The number of nitrogens with one attached hydrogen (secondary N) is 2. The van der Waals surface area contributed by atoms with E-state index in [1.165, 1.54) is 22.3 Å². The van der Waals surface area contributed by atoms with Crippen molar-refractivity contribution in [2.75, 3.05) is 22.9 Å². The van der Waals surface area contributed by atoms with Crippen LogP contribution < -0.4 is 16.4 Å². The number of nitrogens with two attached hydrogens (primary N) is 1. The van der Waals surface area contributed by atoms with E-state index in [1.54, 1.807) is 11.3 Å². The van der Waals surface area contributed by atoms with Crippen molar-refractivity contribution in [3.05, 3.63) is 58.0 Å². The minimum atomic E-state index is 0.530. The Morgan fingerprint density at radius 1 is 1.08 bits per heavy atom. The Bertz CT molecular complexity index is 794. The van der Waals surface area contributed by atoms with Gasteiger partial charge in [-0.15, -0.1) is 11.3 Å². The average molecular weight is 339 g/mol. The highest BCUT2D eigenvalue weighted by molar-refractivity contribution is 7.09. The summed E-state index contributed by atoms with van der Waals surface area (Å²) in [5.41, 5.74) is 10.1. The third kappa shape index (κ3) is 4.02. The van der Waals surface area contributed by atoms with Crippen molar-refractivity contribution in [2.24, 2.45) is 0 Å². The monoisotopic (exact) mass is 339 g/mol. The SMILES string of the molecule is Cc1cc(C)cc(Nc2ncnc(NCCc3cccs3)c2N)c1. The third-order valence-electron chi connectivity index (χ3n) is 3.61. The number of hydrogen-bond donors (Lipinski definition) is 3. The second-order valence-electron chi connectivity index (χ2n) is 5.74. The molecule has 0 spiro atoms. The minimum absolute atomic E-state index is 0.530. The molecule has 3 rings (SSSR count). The van der Waals surface area contributed by atoms with E-state index in [9.17, 15) is 0 Å². The lowest BCUT2D eigenvalue weighted by molar-refractivity contribution is 1.02. The van der Waals surface area contributed by atoms with Gasteiger partial charge in [0.2, 0.25) is 0 Å². The maximum absolute atomic E-state index is 6.22. The van der Waals surface area contributed by atoms with E-state index < -0.39 is 0 Å². The first kappa shape index (κ1) is 16.3. The van der Waals surface area contributed by atoms with Gasteiger partial charge in [0.1, 0.15) is 12.0 Å². The standard InChI is InChI=1S/C18H21N5S/c1-12-8-13(2)10-14(9-12)23-18-16(19)17(21-11-22-18)20-6-5-15-4-3-7-24-15/h3-4,7-11H,5-6,19H2,1-2H3,(H2,20,21,22,23). The molecule has 124 valence electrons. The van der Waals surface area contributed by atoms with Gasteiger partial charge < -0.3 is 16.4 Å². The first-order chi connectivity index (χ1) is 11.6. The summed E-state index contributed by atoms with van der Waals surface area (Å²) in [4.78, 5) is 9.85. The van der Waals surface area contributed by atoms with Gasteiger partial charge in [0.25, 0.3) is 0 Å². The molecule has 1 aromatic carbocycles. The molecule has 24 heavy (non-hydrogen) atoms. The van der Waals surface area contributed by atoms with E-state index in [0.29, 0.717) is 17.3 Å². The Hall–Kier alpha value is -2.60. The van der Waals surface area contributed by atoms with Crippen LogP contribution in [0.2, 0.25) is 0 Å². The number of rotatable bonds is 6. The fraction of sp³-hybridized carbons (Fsp3) is 0.222. The zero-order chi connectivity index (χ0) is 16.9. The fourth-order valence-corrected chi connectivity index (χ4v) is 3.29. The molecule has 0 radical (unpaired) electrons. The number of aromatic nitrogens is 2. The molecular weight excluding hydrogens is 318 g/mol. The largest absolute Gasteiger partial charge is 0.393 e. The topological polar surface area (TPSA) is 75.9 Å². The summed E-state index contributed by atoms with van der Waals surface area (Å²) in [6, 6.07) is 10.5. The molecule has 0 unspecified atom stereocenters. The summed E-state index contributed by atoms with van der Waals surface area (Å²) < 4.78 is 0. The number of hydrogen-bond acceptors (Lipinski definition) is 6. The predicted molar refractivity (Wildman–Crippen MR) is 102 cm³/mol. The molecule has 4 N–H and O–H groups in total. The van der Waals surface area contributed by atoms with E-state index >= 15 is 0 Å². The summed E-state index contributed by atoms with van der Waals surface area (Å²) >= 11 is 1.75. The second kappa shape index (κ2) is 7.31. The van der Waals surface area contributed by atoms with Gasteiger partial charge in [-0.2, -0.15) is 0 Å². The number of nitrogen functional groups attached to an aromatic ring is 1. The number of anilines is 4. The summed E-state index contributed by atoms with van der Waals surface area (Å²) in [5.74, 6) is 1.28. The van der Waals surface area contributed by atoms with Crippen LogP contribution in [0.4, 0.5) is 23.0 Å². The van der Waals surface area contributed by atoms with Crippen molar-refractivity contribution in [1.29, 1.82) is 0 Å². The maximum atomic E-state index is 6.22. The zero-order valence-electron chi connectivity index (χ0n) is 13.8. The van der Waals surface area contributed by atoms with E-state index in [4.69, 9.17) is 5.73 Å². The summed E-state index contributed by atoms with van der Waals surface area (Å²) in [6.45, 7) is 4.92. The molecule has 3 aromatic rings. The van der Waals surface area contributed by atoms with E-state index in [0.717, 1.165) is 18.7 Å². The average Bonchev–Trinajstić information content (AvgIpc) is 3.03. The lowest BCUT2D eigenvalue weighted by atomic mass is 10.1. The number of thiophene rings is 1. The van der Waals surface area contributed by atoms with Crippen molar-refractivity contribution in [1.82, 2.24) is 9.97 Å².